The van der Waals surface area contributed by atoms with Gasteiger partial charge in [-0.3, -0.25) is 0 Å². The number of nitrogens with one attached hydrogen (secondary N) is 1. The number of carboxylic acid groups (broad SMARTS) is 1. The highest BCUT2D eigenvalue weighted by Crippen LogP contribution is 2.21. The van der Waals surface area contributed by atoms with Crippen molar-refractivity contribution in [2.75, 3.05) is 12.4 Å². The SMILES string of the molecule is CCC(CC)N(C)C(=O)Nc1ccc(C(=O)O)c(Cl)c1. The van der Waals surface area contributed by atoms with E-state index in [4.69, 9.17) is 16.7 Å². The lowest BCUT2D eigenvalue weighted by molar-refractivity contribution is 0.0697. The van der Waals surface area contributed by atoms with Gasteiger partial charge in [-0.15, -0.1) is 0 Å². The fraction of sp³-hybridized carbons (Fsp3) is 0.429. The van der Waals surface area contributed by atoms with Gasteiger partial charge >= 0.3 is 12.0 Å². The van der Waals surface area contributed by atoms with Crippen molar-refractivity contribution in [1.82, 2.24) is 4.90 Å². The summed E-state index contributed by atoms with van der Waals surface area (Å²) in [7, 11) is 1.74. The molecule has 0 saturated carbocycles. The first-order valence-electron chi connectivity index (χ1n) is 6.47. The molecule has 0 aliphatic carbocycles. The maximum atomic E-state index is 12.1. The maximum absolute atomic E-state index is 12.1. The summed E-state index contributed by atoms with van der Waals surface area (Å²) in [6.07, 6.45) is 1.75. The maximum Gasteiger partial charge on any atom is 0.337 e. The summed E-state index contributed by atoms with van der Waals surface area (Å²) in [4.78, 5) is 24.5. The molecule has 0 unspecified atom stereocenters. The quantitative estimate of drug-likeness (QED) is 0.871. The summed E-state index contributed by atoms with van der Waals surface area (Å²) < 4.78 is 0. The number of hydrogen-bond acceptors (Lipinski definition) is 2. The fourth-order valence-electron chi connectivity index (χ4n) is 1.98. The normalized spacial score (nSPS) is 10.4. The first-order valence-corrected chi connectivity index (χ1v) is 6.85. The molecule has 1 aromatic carbocycles. The number of hydrogen-bond donors (Lipinski definition) is 2. The van der Waals surface area contributed by atoms with Crippen LogP contribution >= 0.6 is 11.6 Å². The van der Waals surface area contributed by atoms with Gasteiger partial charge in [0.2, 0.25) is 0 Å². The lowest BCUT2D eigenvalue weighted by Gasteiger charge is -2.26. The average Bonchev–Trinajstić information content (AvgIpc) is 2.39. The van der Waals surface area contributed by atoms with Crippen molar-refractivity contribution in [1.29, 1.82) is 0 Å². The number of carbonyl (C=O) groups excluding carboxylic acids is 1. The minimum Gasteiger partial charge on any atom is -0.478 e. The van der Waals surface area contributed by atoms with Crippen LogP contribution in [-0.4, -0.2) is 35.1 Å². The third-order valence-electron chi connectivity index (χ3n) is 3.26. The Kier molecular flexibility index (Phi) is 5.82. The van der Waals surface area contributed by atoms with E-state index in [9.17, 15) is 9.59 Å². The van der Waals surface area contributed by atoms with Gasteiger partial charge in [-0.1, -0.05) is 25.4 Å². The van der Waals surface area contributed by atoms with E-state index < -0.39 is 5.97 Å². The number of halogens is 1. The Bertz CT molecular complexity index is 501. The third-order valence-corrected chi connectivity index (χ3v) is 3.57. The Balaban J connectivity index is 2.81. The first-order chi connectivity index (χ1) is 9.40. The Hall–Kier alpha value is -1.75. The molecule has 5 nitrogen and oxygen atoms in total. The van der Waals surface area contributed by atoms with E-state index in [1.165, 1.54) is 18.2 Å². The van der Waals surface area contributed by atoms with Gasteiger partial charge < -0.3 is 15.3 Å². The molecule has 0 bridgehead atoms. The molecule has 6 heteroatoms. The molecule has 0 spiro atoms. The molecule has 0 saturated heterocycles. The number of anilines is 1. The van der Waals surface area contributed by atoms with Crippen molar-refractivity contribution in [2.24, 2.45) is 0 Å². The summed E-state index contributed by atoms with van der Waals surface area (Å²) in [5, 5.41) is 11.7. The van der Waals surface area contributed by atoms with E-state index in [1.54, 1.807) is 11.9 Å². The van der Waals surface area contributed by atoms with E-state index in [2.05, 4.69) is 5.32 Å². The predicted molar refractivity (Wildman–Crippen MR) is 79.6 cm³/mol. The number of urea groups is 1. The zero-order valence-corrected chi connectivity index (χ0v) is 12.6. The van der Waals surface area contributed by atoms with Crippen LogP contribution in [0.4, 0.5) is 10.5 Å². The number of nitrogens with zero attached hydrogens (tertiary/aromatic N) is 1. The molecule has 0 aliphatic rings. The molecule has 0 fully saturated rings. The van der Waals surface area contributed by atoms with Crippen LogP contribution in [0.5, 0.6) is 0 Å². The number of rotatable bonds is 5. The highest BCUT2D eigenvalue weighted by molar-refractivity contribution is 6.33. The highest BCUT2D eigenvalue weighted by atomic mass is 35.5. The second-order valence-corrected chi connectivity index (χ2v) is 4.92. The van der Waals surface area contributed by atoms with Gasteiger partial charge in [-0.05, 0) is 31.0 Å². The molecular weight excluding hydrogens is 280 g/mol. The second kappa shape index (κ2) is 7.14. The highest BCUT2D eigenvalue weighted by Gasteiger charge is 2.17. The van der Waals surface area contributed by atoms with Gasteiger partial charge in [0.25, 0.3) is 0 Å². The predicted octanol–water partition coefficient (Wildman–Crippen LogP) is 3.69. The standard InChI is InChI=1S/C14H19ClN2O3/c1-4-10(5-2)17(3)14(20)16-9-6-7-11(13(18)19)12(15)8-9/h6-8,10H,4-5H2,1-3H3,(H,16,20)(H,18,19). The van der Waals surface area contributed by atoms with Crippen LogP contribution in [0.2, 0.25) is 5.02 Å². The molecule has 0 aliphatic heterocycles. The molecule has 0 radical (unpaired) electrons. The molecule has 0 heterocycles. The summed E-state index contributed by atoms with van der Waals surface area (Å²) in [6.45, 7) is 4.05. The van der Waals surface area contributed by atoms with Crippen LogP contribution in [0, 0.1) is 0 Å². The monoisotopic (exact) mass is 298 g/mol. The van der Waals surface area contributed by atoms with Crippen LogP contribution < -0.4 is 5.32 Å². The minimum atomic E-state index is -1.10. The summed E-state index contributed by atoms with van der Waals surface area (Å²) in [5.74, 6) is -1.10. The van der Waals surface area contributed by atoms with E-state index in [0.717, 1.165) is 12.8 Å². The molecule has 1 rings (SSSR count). The van der Waals surface area contributed by atoms with Crippen molar-refractivity contribution in [2.45, 2.75) is 32.7 Å². The van der Waals surface area contributed by atoms with Crippen LogP contribution in [-0.2, 0) is 0 Å². The third kappa shape index (κ3) is 3.87. The minimum absolute atomic E-state index is 0.0120. The summed E-state index contributed by atoms with van der Waals surface area (Å²) in [5.41, 5.74) is 0.487. The van der Waals surface area contributed by atoms with Crippen molar-refractivity contribution in [3.63, 3.8) is 0 Å². The first kappa shape index (κ1) is 16.3. The van der Waals surface area contributed by atoms with E-state index in [1.807, 2.05) is 13.8 Å². The number of benzene rings is 1. The molecule has 0 aromatic heterocycles. The van der Waals surface area contributed by atoms with Crippen molar-refractivity contribution >= 4 is 29.3 Å². The van der Waals surface area contributed by atoms with Gasteiger partial charge in [-0.25, -0.2) is 9.59 Å². The molecule has 2 amide bonds. The molecular formula is C14H19ClN2O3. The van der Waals surface area contributed by atoms with Gasteiger partial charge in [-0.2, -0.15) is 0 Å². The molecule has 2 N–H and O–H groups in total. The second-order valence-electron chi connectivity index (χ2n) is 4.51. The Morgan fingerprint density at radius 2 is 1.95 bits per heavy atom. The van der Waals surface area contributed by atoms with E-state index in [0.29, 0.717) is 5.69 Å². The van der Waals surface area contributed by atoms with Crippen molar-refractivity contribution in [3.05, 3.63) is 28.8 Å². The number of aromatic carboxylic acids is 1. The van der Waals surface area contributed by atoms with Gasteiger partial charge in [0.1, 0.15) is 0 Å². The lowest BCUT2D eigenvalue weighted by atomic mass is 10.1. The van der Waals surface area contributed by atoms with E-state index in [-0.39, 0.29) is 22.7 Å². The zero-order chi connectivity index (χ0) is 15.3. The Morgan fingerprint density at radius 1 is 1.35 bits per heavy atom. The van der Waals surface area contributed by atoms with Crippen molar-refractivity contribution in [3.8, 4) is 0 Å². The Labute approximate surface area is 123 Å². The van der Waals surface area contributed by atoms with Gasteiger partial charge in [0.05, 0.1) is 10.6 Å². The smallest absolute Gasteiger partial charge is 0.337 e. The fourth-order valence-corrected chi connectivity index (χ4v) is 2.24. The molecule has 20 heavy (non-hydrogen) atoms. The van der Waals surface area contributed by atoms with Crippen LogP contribution in [0.25, 0.3) is 0 Å². The van der Waals surface area contributed by atoms with Crippen molar-refractivity contribution < 1.29 is 14.7 Å². The zero-order valence-electron chi connectivity index (χ0n) is 11.8. The van der Waals surface area contributed by atoms with Gasteiger partial charge in [0, 0.05) is 18.8 Å². The topological polar surface area (TPSA) is 69.6 Å². The number of carbonyl (C=O) groups is 2. The Morgan fingerprint density at radius 3 is 2.40 bits per heavy atom. The van der Waals surface area contributed by atoms with Gasteiger partial charge in [0.15, 0.2) is 0 Å². The van der Waals surface area contributed by atoms with Crippen LogP contribution in [0.1, 0.15) is 37.0 Å². The molecule has 1 aromatic rings. The number of amides is 2. The largest absolute Gasteiger partial charge is 0.478 e. The number of carboxylic acids is 1. The van der Waals surface area contributed by atoms with Crippen LogP contribution in [0.15, 0.2) is 18.2 Å². The average molecular weight is 299 g/mol. The molecule has 0 atom stereocenters. The summed E-state index contributed by atoms with van der Waals surface area (Å²) >= 11 is 5.86. The van der Waals surface area contributed by atoms with E-state index >= 15 is 0 Å². The summed E-state index contributed by atoms with van der Waals surface area (Å²) in [6, 6.07) is 4.26. The molecule has 110 valence electrons. The van der Waals surface area contributed by atoms with Crippen LogP contribution in [0.3, 0.4) is 0 Å². The lowest BCUT2D eigenvalue weighted by Crippen LogP contribution is -2.39.